The fourth-order valence-electron chi connectivity index (χ4n) is 2.09. The third kappa shape index (κ3) is 3.08. The van der Waals surface area contributed by atoms with Crippen LogP contribution in [0.15, 0.2) is 23.6 Å². The number of carbonyl (C=O) groups excluding carboxylic acids is 1. The predicted molar refractivity (Wildman–Crippen MR) is 75.1 cm³/mol. The lowest BCUT2D eigenvalue weighted by atomic mass is 10.2. The highest BCUT2D eigenvalue weighted by molar-refractivity contribution is 7.14. The van der Waals surface area contributed by atoms with Gasteiger partial charge in [-0.25, -0.2) is 13.8 Å². The van der Waals surface area contributed by atoms with E-state index in [1.807, 2.05) is 0 Å². The molecule has 1 aromatic heterocycles. The highest BCUT2D eigenvalue weighted by Crippen LogP contribution is 2.26. The second-order valence-electron chi connectivity index (χ2n) is 4.66. The summed E-state index contributed by atoms with van der Waals surface area (Å²) in [5.74, 6) is -2.05. The number of hydrogen-bond donors (Lipinski definition) is 1. The molecule has 1 fully saturated rings. The third-order valence-electron chi connectivity index (χ3n) is 3.17. The van der Waals surface area contributed by atoms with Crippen molar-refractivity contribution < 1.29 is 18.3 Å². The molecule has 1 N–H and O–H groups in total. The lowest BCUT2D eigenvalue weighted by molar-refractivity contribution is -0.124. The first-order valence-corrected chi connectivity index (χ1v) is 7.35. The number of ether oxygens (including phenoxy) is 1. The molecule has 1 saturated heterocycles. The maximum atomic E-state index is 13.2. The van der Waals surface area contributed by atoms with Crippen molar-refractivity contribution in [2.24, 2.45) is 0 Å². The Morgan fingerprint density at radius 1 is 1.38 bits per heavy atom. The largest absolute Gasteiger partial charge is 0.368 e. The van der Waals surface area contributed by atoms with E-state index >= 15 is 0 Å². The van der Waals surface area contributed by atoms with Gasteiger partial charge >= 0.3 is 0 Å². The minimum Gasteiger partial charge on any atom is -0.368 e. The number of benzene rings is 1. The van der Waals surface area contributed by atoms with Crippen LogP contribution in [-0.4, -0.2) is 23.6 Å². The van der Waals surface area contributed by atoms with E-state index in [0.717, 1.165) is 18.6 Å². The van der Waals surface area contributed by atoms with Gasteiger partial charge < -0.3 is 4.74 Å². The van der Waals surface area contributed by atoms with Crippen LogP contribution in [0.4, 0.5) is 13.9 Å². The third-order valence-corrected chi connectivity index (χ3v) is 3.93. The Balaban J connectivity index is 1.73. The Hall–Kier alpha value is -1.86. The van der Waals surface area contributed by atoms with Gasteiger partial charge in [0.15, 0.2) is 16.8 Å². The van der Waals surface area contributed by atoms with Gasteiger partial charge in [0.1, 0.15) is 6.10 Å². The van der Waals surface area contributed by atoms with E-state index in [1.54, 1.807) is 5.38 Å². The molecule has 1 aliphatic heterocycles. The van der Waals surface area contributed by atoms with Crippen molar-refractivity contribution in [2.45, 2.75) is 18.9 Å². The number of halogens is 2. The molecule has 4 nitrogen and oxygen atoms in total. The quantitative estimate of drug-likeness (QED) is 0.947. The molecule has 1 amide bonds. The van der Waals surface area contributed by atoms with E-state index < -0.39 is 17.7 Å². The Bertz CT molecular complexity index is 669. The molecule has 1 aromatic carbocycles. The molecule has 1 aliphatic rings. The number of carbonyl (C=O) groups is 1. The second-order valence-corrected chi connectivity index (χ2v) is 5.52. The van der Waals surface area contributed by atoms with Gasteiger partial charge in [0, 0.05) is 17.6 Å². The Morgan fingerprint density at radius 3 is 2.95 bits per heavy atom. The van der Waals surface area contributed by atoms with Crippen molar-refractivity contribution in [3.63, 3.8) is 0 Å². The number of anilines is 1. The Kier molecular flexibility index (Phi) is 3.94. The van der Waals surface area contributed by atoms with Gasteiger partial charge in [0.25, 0.3) is 5.91 Å². The first-order valence-electron chi connectivity index (χ1n) is 6.47. The highest BCUT2D eigenvalue weighted by atomic mass is 32.1. The molecule has 3 rings (SSSR count). The number of hydrogen-bond acceptors (Lipinski definition) is 4. The second kappa shape index (κ2) is 5.87. The summed E-state index contributed by atoms with van der Waals surface area (Å²) in [5, 5.41) is 4.77. The van der Waals surface area contributed by atoms with Crippen molar-refractivity contribution in [2.75, 3.05) is 11.9 Å². The first kappa shape index (κ1) is 14.1. The maximum absolute atomic E-state index is 13.2. The number of aromatic nitrogens is 1. The normalized spacial score (nSPS) is 17.9. The lowest BCUT2D eigenvalue weighted by Gasteiger charge is -2.07. The predicted octanol–water partition coefficient (Wildman–Crippen LogP) is 3.21. The number of amides is 1. The van der Waals surface area contributed by atoms with Crippen molar-refractivity contribution in [1.82, 2.24) is 4.98 Å². The van der Waals surface area contributed by atoms with Crippen molar-refractivity contribution in [3.05, 3.63) is 35.2 Å². The summed E-state index contributed by atoms with van der Waals surface area (Å²) in [7, 11) is 0. The molecule has 0 unspecified atom stereocenters. The van der Waals surface area contributed by atoms with Crippen molar-refractivity contribution >= 4 is 22.4 Å². The average molecular weight is 310 g/mol. The van der Waals surface area contributed by atoms with Crippen LogP contribution in [0, 0.1) is 11.6 Å². The van der Waals surface area contributed by atoms with Gasteiger partial charge in [-0.3, -0.25) is 10.1 Å². The van der Waals surface area contributed by atoms with Gasteiger partial charge in [0.05, 0.1) is 5.69 Å². The molecule has 0 aliphatic carbocycles. The summed E-state index contributed by atoms with van der Waals surface area (Å²) in [4.78, 5) is 16.1. The topological polar surface area (TPSA) is 51.2 Å². The fourth-order valence-corrected chi connectivity index (χ4v) is 2.81. The first-order chi connectivity index (χ1) is 10.1. The molecule has 0 saturated carbocycles. The highest BCUT2D eigenvalue weighted by Gasteiger charge is 2.24. The van der Waals surface area contributed by atoms with E-state index in [2.05, 4.69) is 10.3 Å². The zero-order chi connectivity index (χ0) is 14.8. The summed E-state index contributed by atoms with van der Waals surface area (Å²) < 4.78 is 31.4. The van der Waals surface area contributed by atoms with Gasteiger partial charge in [-0.05, 0) is 31.0 Å². The van der Waals surface area contributed by atoms with Gasteiger partial charge in [0.2, 0.25) is 0 Å². The summed E-state index contributed by atoms with van der Waals surface area (Å²) >= 11 is 1.23. The number of nitrogens with zero attached hydrogens (tertiary/aromatic N) is 1. The standard InChI is InChI=1S/C14H12F2N2O2S/c15-9-4-3-8(6-10(9)16)11-7-21-14(17-11)18-13(19)12-2-1-5-20-12/h3-4,6-7,12H,1-2,5H2,(H,17,18,19)/t12-/m0/s1. The van der Waals surface area contributed by atoms with Crippen LogP contribution in [0.5, 0.6) is 0 Å². The number of nitrogens with one attached hydrogen (secondary N) is 1. The minimum atomic E-state index is -0.926. The van der Waals surface area contributed by atoms with E-state index in [9.17, 15) is 13.6 Å². The minimum absolute atomic E-state index is 0.223. The van der Waals surface area contributed by atoms with Crippen molar-refractivity contribution in [1.29, 1.82) is 0 Å². The zero-order valence-corrected chi connectivity index (χ0v) is 11.8. The molecule has 21 heavy (non-hydrogen) atoms. The van der Waals surface area contributed by atoms with Crippen LogP contribution in [-0.2, 0) is 9.53 Å². The maximum Gasteiger partial charge on any atom is 0.255 e. The van der Waals surface area contributed by atoms with Crippen LogP contribution < -0.4 is 5.32 Å². The van der Waals surface area contributed by atoms with Crippen LogP contribution in [0.25, 0.3) is 11.3 Å². The van der Waals surface area contributed by atoms with Gasteiger partial charge in [-0.15, -0.1) is 11.3 Å². The van der Waals surface area contributed by atoms with E-state index in [4.69, 9.17) is 4.74 Å². The molecule has 2 aromatic rings. The van der Waals surface area contributed by atoms with Crippen LogP contribution in [0.3, 0.4) is 0 Å². The summed E-state index contributed by atoms with van der Waals surface area (Å²) in [5.41, 5.74) is 0.948. The SMILES string of the molecule is O=C(Nc1nc(-c2ccc(F)c(F)c2)cs1)[C@@H]1CCCO1. The fraction of sp³-hybridized carbons (Fsp3) is 0.286. The van der Waals surface area contributed by atoms with E-state index in [1.165, 1.54) is 17.4 Å². The average Bonchev–Trinajstić information content (AvgIpc) is 3.12. The summed E-state index contributed by atoms with van der Waals surface area (Å²) in [6.07, 6.45) is 1.14. The van der Waals surface area contributed by atoms with Crippen molar-refractivity contribution in [3.8, 4) is 11.3 Å². The molecule has 2 heterocycles. The Labute approximate surface area is 123 Å². The van der Waals surface area contributed by atoms with Gasteiger partial charge in [-0.1, -0.05) is 0 Å². The zero-order valence-electron chi connectivity index (χ0n) is 10.9. The molecule has 1 atom stereocenters. The van der Waals surface area contributed by atoms with E-state index in [0.29, 0.717) is 29.4 Å². The molecular formula is C14H12F2N2O2S. The van der Waals surface area contributed by atoms with Crippen LogP contribution in [0.1, 0.15) is 12.8 Å². The summed E-state index contributed by atoms with van der Waals surface area (Å²) in [6.45, 7) is 0.593. The molecule has 0 spiro atoms. The molecule has 0 radical (unpaired) electrons. The smallest absolute Gasteiger partial charge is 0.255 e. The number of thiazole rings is 1. The van der Waals surface area contributed by atoms with Gasteiger partial charge in [-0.2, -0.15) is 0 Å². The lowest BCUT2D eigenvalue weighted by Crippen LogP contribution is -2.26. The van der Waals surface area contributed by atoms with E-state index in [-0.39, 0.29) is 5.91 Å². The summed E-state index contributed by atoms with van der Waals surface area (Å²) in [6, 6.07) is 3.57. The molecule has 110 valence electrons. The van der Waals surface area contributed by atoms with Crippen LogP contribution in [0.2, 0.25) is 0 Å². The van der Waals surface area contributed by atoms with Crippen LogP contribution >= 0.6 is 11.3 Å². The Morgan fingerprint density at radius 2 is 2.24 bits per heavy atom. The molecular weight excluding hydrogens is 298 g/mol. The number of rotatable bonds is 3. The molecule has 7 heteroatoms. The molecule has 0 bridgehead atoms. The monoisotopic (exact) mass is 310 g/mol.